The summed E-state index contributed by atoms with van der Waals surface area (Å²) in [5, 5.41) is 23.5. The minimum absolute atomic E-state index is 0.0516. The molecule has 6 nitrogen and oxygen atoms in total. The Labute approximate surface area is 146 Å². The van der Waals surface area contributed by atoms with Crippen molar-refractivity contribution >= 4 is 11.4 Å². The van der Waals surface area contributed by atoms with E-state index in [1.807, 2.05) is 12.1 Å². The van der Waals surface area contributed by atoms with Gasteiger partial charge < -0.3 is 10.2 Å². The fourth-order valence-electron chi connectivity index (χ4n) is 3.32. The molecule has 0 atom stereocenters. The lowest BCUT2D eigenvalue weighted by molar-refractivity contribution is -0.918. The topological polar surface area (TPSA) is 83.4 Å². The average molecular weight is 337 g/mol. The molecule has 1 saturated heterocycles. The van der Waals surface area contributed by atoms with Crippen LogP contribution in [0.5, 0.6) is 0 Å². The van der Waals surface area contributed by atoms with Crippen LogP contribution in [0.25, 0.3) is 0 Å². The number of hydrogen-bond acceptors (Lipinski definition) is 4. The van der Waals surface area contributed by atoms with E-state index < -0.39 is 4.92 Å². The molecule has 1 aliphatic heterocycles. The Hall–Kier alpha value is -2.91. The van der Waals surface area contributed by atoms with Crippen LogP contribution in [0.2, 0.25) is 0 Å². The summed E-state index contributed by atoms with van der Waals surface area (Å²) in [5.41, 5.74) is 2.31. The molecule has 25 heavy (non-hydrogen) atoms. The summed E-state index contributed by atoms with van der Waals surface area (Å²) >= 11 is 0. The number of nitro benzene ring substituents is 1. The number of likely N-dealkylation sites (tertiary alicyclic amines) is 1. The molecule has 1 heterocycles. The molecule has 2 N–H and O–H groups in total. The van der Waals surface area contributed by atoms with Gasteiger partial charge in [0, 0.05) is 36.6 Å². The van der Waals surface area contributed by atoms with E-state index in [1.165, 1.54) is 17.7 Å². The largest absolute Gasteiger partial charge is 0.381 e. The Kier molecular flexibility index (Phi) is 5.26. The van der Waals surface area contributed by atoms with Crippen molar-refractivity contribution in [3.63, 3.8) is 0 Å². The molecule has 128 valence electrons. The Morgan fingerprint density at radius 3 is 2.56 bits per heavy atom. The van der Waals surface area contributed by atoms with E-state index in [9.17, 15) is 15.4 Å². The number of nitrogens with zero attached hydrogens (tertiary/aromatic N) is 2. The molecule has 2 aromatic carbocycles. The maximum absolute atomic E-state index is 10.8. The van der Waals surface area contributed by atoms with Gasteiger partial charge in [-0.25, -0.2) is 0 Å². The number of nitrogens with one attached hydrogen (secondary N) is 2. The predicted molar refractivity (Wildman–Crippen MR) is 95.3 cm³/mol. The van der Waals surface area contributed by atoms with E-state index in [4.69, 9.17) is 0 Å². The third-order valence-electron chi connectivity index (χ3n) is 4.68. The maximum Gasteiger partial charge on any atom is 0.270 e. The van der Waals surface area contributed by atoms with Gasteiger partial charge in [0.15, 0.2) is 0 Å². The molecule has 0 aromatic heterocycles. The van der Waals surface area contributed by atoms with Gasteiger partial charge in [-0.05, 0) is 6.07 Å². The van der Waals surface area contributed by atoms with E-state index in [1.54, 1.807) is 11.0 Å². The van der Waals surface area contributed by atoms with Gasteiger partial charge in [0.05, 0.1) is 29.3 Å². The number of hydrogen-bond donors (Lipinski definition) is 2. The summed E-state index contributed by atoms with van der Waals surface area (Å²) in [7, 11) is 0. The lowest BCUT2D eigenvalue weighted by Gasteiger charge is -2.30. The smallest absolute Gasteiger partial charge is 0.270 e. The first-order valence-corrected chi connectivity index (χ1v) is 8.48. The van der Waals surface area contributed by atoms with E-state index in [0.29, 0.717) is 17.3 Å². The van der Waals surface area contributed by atoms with Crippen molar-refractivity contribution < 1.29 is 9.82 Å². The standard InChI is InChI=1S/C19H20N4O2/c20-13-16-12-18(23(24)25)6-7-19(16)21-17-8-10-22(11-9-17)14-15-4-2-1-3-5-15/h1-7,12,17,21H,8-11,14H2/p+1. The summed E-state index contributed by atoms with van der Waals surface area (Å²) in [6.07, 6.45) is 2.04. The van der Waals surface area contributed by atoms with Gasteiger partial charge in [0.25, 0.3) is 5.69 Å². The predicted octanol–water partition coefficient (Wildman–Crippen LogP) is 2.13. The average Bonchev–Trinajstić information content (AvgIpc) is 2.64. The number of quaternary nitrogens is 1. The SMILES string of the molecule is N#Cc1cc([N+](=O)[O-])ccc1NC1CC[NH+](Cc2ccccc2)CC1. The zero-order chi connectivity index (χ0) is 17.6. The maximum atomic E-state index is 10.8. The highest BCUT2D eigenvalue weighted by Crippen LogP contribution is 2.23. The number of benzene rings is 2. The molecular formula is C19H21N4O2+. The molecule has 0 saturated carbocycles. The molecule has 0 bridgehead atoms. The lowest BCUT2D eigenvalue weighted by atomic mass is 10.0. The molecule has 0 amide bonds. The van der Waals surface area contributed by atoms with Gasteiger partial charge in [-0.2, -0.15) is 5.26 Å². The summed E-state index contributed by atoms with van der Waals surface area (Å²) < 4.78 is 0. The monoisotopic (exact) mass is 337 g/mol. The zero-order valence-corrected chi connectivity index (χ0v) is 13.9. The van der Waals surface area contributed by atoms with Crippen molar-refractivity contribution in [1.82, 2.24) is 0 Å². The van der Waals surface area contributed by atoms with Crippen molar-refractivity contribution in [1.29, 1.82) is 5.26 Å². The molecule has 0 spiro atoms. The van der Waals surface area contributed by atoms with E-state index >= 15 is 0 Å². The Morgan fingerprint density at radius 2 is 1.92 bits per heavy atom. The normalized spacial score (nSPS) is 19.8. The van der Waals surface area contributed by atoms with Crippen LogP contribution in [0, 0.1) is 21.4 Å². The summed E-state index contributed by atoms with van der Waals surface area (Å²) in [6, 6.07) is 17.3. The third-order valence-corrected chi connectivity index (χ3v) is 4.68. The van der Waals surface area contributed by atoms with Crippen molar-refractivity contribution in [2.45, 2.75) is 25.4 Å². The van der Waals surface area contributed by atoms with Crippen LogP contribution >= 0.6 is 0 Å². The minimum Gasteiger partial charge on any atom is -0.381 e. The first kappa shape index (κ1) is 16.9. The Morgan fingerprint density at radius 1 is 1.20 bits per heavy atom. The molecule has 6 heteroatoms. The van der Waals surface area contributed by atoms with Crippen LogP contribution in [0.15, 0.2) is 48.5 Å². The molecule has 1 fully saturated rings. The second-order valence-corrected chi connectivity index (χ2v) is 6.43. The van der Waals surface area contributed by atoms with Crippen LogP contribution < -0.4 is 10.2 Å². The van der Waals surface area contributed by atoms with E-state index in [2.05, 4.69) is 29.6 Å². The summed E-state index contributed by atoms with van der Waals surface area (Å²) in [6.45, 7) is 3.18. The Bertz CT molecular complexity index is 778. The fourth-order valence-corrected chi connectivity index (χ4v) is 3.32. The van der Waals surface area contributed by atoms with Gasteiger partial charge in [-0.1, -0.05) is 30.3 Å². The highest BCUT2D eigenvalue weighted by Gasteiger charge is 2.23. The number of non-ortho nitro benzene ring substituents is 1. The van der Waals surface area contributed by atoms with Crippen LogP contribution in [0.4, 0.5) is 11.4 Å². The second-order valence-electron chi connectivity index (χ2n) is 6.43. The first-order valence-electron chi connectivity index (χ1n) is 8.48. The van der Waals surface area contributed by atoms with Crippen LogP contribution in [-0.2, 0) is 6.54 Å². The molecule has 0 radical (unpaired) electrons. The van der Waals surface area contributed by atoms with Crippen molar-refractivity contribution in [2.24, 2.45) is 0 Å². The minimum atomic E-state index is -0.476. The van der Waals surface area contributed by atoms with Crippen molar-refractivity contribution in [3.8, 4) is 6.07 Å². The number of nitriles is 1. The zero-order valence-electron chi connectivity index (χ0n) is 13.9. The van der Waals surface area contributed by atoms with Crippen molar-refractivity contribution in [2.75, 3.05) is 18.4 Å². The molecule has 0 unspecified atom stereocenters. The molecule has 0 aliphatic carbocycles. The third kappa shape index (κ3) is 4.34. The van der Waals surface area contributed by atoms with Gasteiger partial charge >= 0.3 is 0 Å². The quantitative estimate of drug-likeness (QED) is 0.647. The fraction of sp³-hybridized carbons (Fsp3) is 0.316. The Balaban J connectivity index is 1.57. The second kappa shape index (κ2) is 7.77. The summed E-state index contributed by atoms with van der Waals surface area (Å²) in [5.74, 6) is 0. The van der Waals surface area contributed by atoms with Crippen molar-refractivity contribution in [3.05, 3.63) is 69.8 Å². The van der Waals surface area contributed by atoms with Gasteiger partial charge in [-0.15, -0.1) is 0 Å². The van der Waals surface area contributed by atoms with Gasteiger partial charge in [0.1, 0.15) is 12.6 Å². The highest BCUT2D eigenvalue weighted by molar-refractivity contribution is 5.61. The number of piperidine rings is 1. The van der Waals surface area contributed by atoms with Gasteiger partial charge in [-0.3, -0.25) is 10.1 Å². The molecule has 3 rings (SSSR count). The highest BCUT2D eigenvalue weighted by atomic mass is 16.6. The molecule has 1 aliphatic rings. The van der Waals surface area contributed by atoms with Crippen LogP contribution in [-0.4, -0.2) is 24.1 Å². The molecule has 2 aromatic rings. The first-order chi connectivity index (χ1) is 12.2. The molecular weight excluding hydrogens is 316 g/mol. The van der Waals surface area contributed by atoms with Crippen LogP contribution in [0.1, 0.15) is 24.0 Å². The lowest BCUT2D eigenvalue weighted by Crippen LogP contribution is -3.12. The van der Waals surface area contributed by atoms with E-state index in [0.717, 1.165) is 32.5 Å². The van der Waals surface area contributed by atoms with Crippen LogP contribution in [0.3, 0.4) is 0 Å². The number of anilines is 1. The summed E-state index contributed by atoms with van der Waals surface area (Å²) in [4.78, 5) is 11.9. The van der Waals surface area contributed by atoms with E-state index in [-0.39, 0.29) is 5.69 Å². The van der Waals surface area contributed by atoms with Gasteiger partial charge in [0.2, 0.25) is 0 Å². The number of nitro groups is 1. The number of rotatable bonds is 5.